The van der Waals surface area contributed by atoms with Gasteiger partial charge in [-0.05, 0) is 43.5 Å². The van der Waals surface area contributed by atoms with E-state index in [1.165, 1.54) is 89.0 Å². The molecule has 1 atom stereocenters. The van der Waals surface area contributed by atoms with Gasteiger partial charge < -0.3 is 14.2 Å². The summed E-state index contributed by atoms with van der Waals surface area (Å²) < 4.78 is 16.8. The molecule has 0 saturated carbocycles. The van der Waals surface area contributed by atoms with Crippen molar-refractivity contribution in [2.45, 2.75) is 129 Å². The minimum Gasteiger partial charge on any atom is -0.455 e. The highest BCUT2D eigenvalue weighted by atomic mass is 16.8. The molecule has 0 amide bonds. The zero-order valence-corrected chi connectivity index (χ0v) is 22.5. The molecular formula is C31H50O4. The summed E-state index contributed by atoms with van der Waals surface area (Å²) in [6, 6.07) is 8.26. The summed E-state index contributed by atoms with van der Waals surface area (Å²) >= 11 is 0. The molecule has 0 spiro atoms. The van der Waals surface area contributed by atoms with Gasteiger partial charge in [-0.1, -0.05) is 116 Å². The predicted molar refractivity (Wildman–Crippen MR) is 146 cm³/mol. The van der Waals surface area contributed by atoms with Crippen LogP contribution >= 0.6 is 0 Å². The van der Waals surface area contributed by atoms with Gasteiger partial charge in [-0.2, -0.15) is 0 Å². The maximum absolute atomic E-state index is 11.5. The summed E-state index contributed by atoms with van der Waals surface area (Å²) in [4.78, 5) is 11.5. The average molecular weight is 487 g/mol. The average Bonchev–Trinajstić information content (AvgIpc) is 2.85. The molecule has 1 rings (SSSR count). The molecule has 198 valence electrons. The van der Waals surface area contributed by atoms with Gasteiger partial charge in [-0.15, -0.1) is 0 Å². The quantitative estimate of drug-likeness (QED) is 0.0508. The molecular weight excluding hydrogens is 436 g/mol. The molecule has 1 unspecified atom stereocenters. The van der Waals surface area contributed by atoms with E-state index in [1.54, 1.807) is 0 Å². The Morgan fingerprint density at radius 2 is 1.31 bits per heavy atom. The van der Waals surface area contributed by atoms with E-state index in [4.69, 9.17) is 14.2 Å². The van der Waals surface area contributed by atoms with Crippen LogP contribution in [0.1, 0.15) is 122 Å². The van der Waals surface area contributed by atoms with Crippen LogP contribution in [-0.2, 0) is 20.7 Å². The van der Waals surface area contributed by atoms with Crippen LogP contribution in [0, 0.1) is 0 Å². The second-order valence-electron chi connectivity index (χ2n) is 9.44. The summed E-state index contributed by atoms with van der Waals surface area (Å²) in [5.74, 6) is 0.103. The van der Waals surface area contributed by atoms with Crippen LogP contribution in [0.5, 0.6) is 5.75 Å². The normalized spacial score (nSPS) is 11.6. The Hall–Kier alpha value is -2.23. The number of hydrogen-bond donors (Lipinski definition) is 0. The molecule has 0 aliphatic carbocycles. The molecule has 4 heteroatoms. The maximum Gasteiger partial charge on any atom is 0.337 e. The molecule has 4 nitrogen and oxygen atoms in total. The molecule has 0 radical (unpaired) electrons. The van der Waals surface area contributed by atoms with Crippen molar-refractivity contribution in [3.63, 3.8) is 0 Å². The Labute approximate surface area is 215 Å². The summed E-state index contributed by atoms with van der Waals surface area (Å²) in [6.45, 7) is 11.6. The zero-order chi connectivity index (χ0) is 25.6. The standard InChI is InChI=1S/C31H50O4/c1-5-8-10-12-14-16-18-20-22-31(34-27(4)33-30(32)7-3)35-29-25-23-28(24-26-29)21-19-17-15-13-11-9-6-2/h7,23-26,31H,3-6,8-22H2,1-2H3. The summed E-state index contributed by atoms with van der Waals surface area (Å²) in [7, 11) is 0. The largest absolute Gasteiger partial charge is 0.455 e. The highest BCUT2D eigenvalue weighted by Crippen LogP contribution is 2.21. The Morgan fingerprint density at radius 3 is 1.86 bits per heavy atom. The van der Waals surface area contributed by atoms with Crippen molar-refractivity contribution in [3.05, 3.63) is 55.0 Å². The zero-order valence-electron chi connectivity index (χ0n) is 22.5. The first-order valence-electron chi connectivity index (χ1n) is 14.0. The number of carbonyl (C=O) groups excluding carboxylic acids is 1. The first kappa shape index (κ1) is 30.8. The van der Waals surface area contributed by atoms with Gasteiger partial charge in [0.25, 0.3) is 5.95 Å². The van der Waals surface area contributed by atoms with Crippen molar-refractivity contribution in [2.24, 2.45) is 0 Å². The third kappa shape index (κ3) is 16.9. The number of esters is 1. The maximum atomic E-state index is 11.5. The van der Waals surface area contributed by atoms with Crippen LogP contribution in [-0.4, -0.2) is 12.3 Å². The van der Waals surface area contributed by atoms with Crippen LogP contribution in [0.2, 0.25) is 0 Å². The van der Waals surface area contributed by atoms with Crippen LogP contribution in [0.25, 0.3) is 0 Å². The first-order chi connectivity index (χ1) is 17.1. The first-order valence-corrected chi connectivity index (χ1v) is 14.0. The Morgan fingerprint density at radius 1 is 0.800 bits per heavy atom. The van der Waals surface area contributed by atoms with Crippen molar-refractivity contribution in [1.29, 1.82) is 0 Å². The molecule has 35 heavy (non-hydrogen) atoms. The number of carbonyl (C=O) groups is 1. The van der Waals surface area contributed by atoms with Gasteiger partial charge in [0.1, 0.15) is 5.75 Å². The summed E-state index contributed by atoms with van der Waals surface area (Å²) in [5, 5.41) is 0. The Balaban J connectivity index is 2.46. The number of benzene rings is 1. The third-order valence-corrected chi connectivity index (χ3v) is 6.20. The lowest BCUT2D eigenvalue weighted by Crippen LogP contribution is -2.21. The van der Waals surface area contributed by atoms with Crippen LogP contribution in [0.15, 0.2) is 49.4 Å². The van der Waals surface area contributed by atoms with Crippen molar-refractivity contribution in [1.82, 2.24) is 0 Å². The van der Waals surface area contributed by atoms with Gasteiger partial charge in [0.15, 0.2) is 0 Å². The highest BCUT2D eigenvalue weighted by Gasteiger charge is 2.15. The number of unbranched alkanes of at least 4 members (excludes halogenated alkanes) is 13. The van der Waals surface area contributed by atoms with E-state index in [0.717, 1.165) is 31.1 Å². The molecule has 0 N–H and O–H groups in total. The van der Waals surface area contributed by atoms with Gasteiger partial charge in [0, 0.05) is 12.5 Å². The van der Waals surface area contributed by atoms with E-state index in [9.17, 15) is 4.79 Å². The number of hydrogen-bond acceptors (Lipinski definition) is 4. The number of ether oxygens (including phenoxy) is 3. The van der Waals surface area contributed by atoms with Gasteiger partial charge >= 0.3 is 5.97 Å². The summed E-state index contributed by atoms with van der Waals surface area (Å²) in [5.41, 5.74) is 1.33. The van der Waals surface area contributed by atoms with Crippen molar-refractivity contribution in [2.75, 3.05) is 0 Å². The minimum absolute atomic E-state index is 0.0602. The van der Waals surface area contributed by atoms with E-state index in [1.807, 2.05) is 12.1 Å². The molecule has 1 aromatic rings. The molecule has 0 heterocycles. The molecule has 0 fully saturated rings. The van der Waals surface area contributed by atoms with Crippen molar-refractivity contribution in [3.8, 4) is 5.75 Å². The SMILES string of the molecule is C=CC(=O)OC(=C)OC(CCCCCCCCCC)Oc1ccc(CCCCCCCCC)cc1. The fraction of sp³-hybridized carbons (Fsp3) is 0.645. The van der Waals surface area contributed by atoms with Gasteiger partial charge in [0.05, 0.1) is 0 Å². The van der Waals surface area contributed by atoms with Gasteiger partial charge in [-0.3, -0.25) is 0 Å². The van der Waals surface area contributed by atoms with E-state index in [2.05, 4.69) is 39.1 Å². The predicted octanol–water partition coefficient (Wildman–Crippen LogP) is 9.43. The fourth-order valence-corrected chi connectivity index (χ4v) is 4.08. The molecule has 0 bridgehead atoms. The highest BCUT2D eigenvalue weighted by molar-refractivity contribution is 5.81. The van der Waals surface area contributed by atoms with Crippen LogP contribution in [0.3, 0.4) is 0 Å². The number of aryl methyl sites for hydroxylation is 1. The van der Waals surface area contributed by atoms with Gasteiger partial charge in [0.2, 0.25) is 6.29 Å². The van der Waals surface area contributed by atoms with E-state index < -0.39 is 12.3 Å². The lowest BCUT2D eigenvalue weighted by atomic mass is 10.0. The lowest BCUT2D eigenvalue weighted by molar-refractivity contribution is -0.148. The Kier molecular flexibility index (Phi) is 18.6. The van der Waals surface area contributed by atoms with Crippen LogP contribution < -0.4 is 4.74 Å². The van der Waals surface area contributed by atoms with Crippen molar-refractivity contribution >= 4 is 5.97 Å². The molecule has 0 aliphatic heterocycles. The third-order valence-electron chi connectivity index (χ3n) is 6.20. The molecule has 0 aromatic heterocycles. The molecule has 0 saturated heterocycles. The molecule has 0 aliphatic rings. The van der Waals surface area contributed by atoms with E-state index in [0.29, 0.717) is 6.42 Å². The minimum atomic E-state index is -0.587. The number of rotatable bonds is 23. The second kappa shape index (κ2) is 21.1. The van der Waals surface area contributed by atoms with E-state index in [-0.39, 0.29) is 5.95 Å². The van der Waals surface area contributed by atoms with Crippen molar-refractivity contribution < 1.29 is 19.0 Å². The topological polar surface area (TPSA) is 44.8 Å². The van der Waals surface area contributed by atoms with E-state index >= 15 is 0 Å². The van der Waals surface area contributed by atoms with Gasteiger partial charge in [-0.25, -0.2) is 4.79 Å². The Bertz CT molecular complexity index is 680. The monoisotopic (exact) mass is 486 g/mol. The summed E-state index contributed by atoms with van der Waals surface area (Å²) in [6.07, 6.45) is 21.4. The van der Waals surface area contributed by atoms with Crippen LogP contribution in [0.4, 0.5) is 0 Å². The molecule has 1 aromatic carbocycles. The second-order valence-corrected chi connectivity index (χ2v) is 9.44. The lowest BCUT2D eigenvalue weighted by Gasteiger charge is -2.21. The smallest absolute Gasteiger partial charge is 0.337 e. The fourth-order valence-electron chi connectivity index (χ4n) is 4.08.